The van der Waals surface area contributed by atoms with Crippen molar-refractivity contribution in [3.63, 3.8) is 0 Å². The topological polar surface area (TPSA) is 136 Å². The highest BCUT2D eigenvalue weighted by atomic mass is 35.5. The van der Waals surface area contributed by atoms with Crippen molar-refractivity contribution in [2.45, 2.75) is 18.7 Å². The van der Waals surface area contributed by atoms with E-state index in [0.717, 1.165) is 11.1 Å². The zero-order valence-electron chi connectivity index (χ0n) is 15.4. The lowest BCUT2D eigenvalue weighted by Gasteiger charge is -2.15. The Kier molecular flexibility index (Phi) is 5.81. The highest BCUT2D eigenvalue weighted by Crippen LogP contribution is 2.32. The van der Waals surface area contributed by atoms with Gasteiger partial charge in [-0.05, 0) is 42.8 Å². The maximum absolute atomic E-state index is 13.1. The minimum Gasteiger partial charge on any atom is -0.359 e. The first-order valence-corrected chi connectivity index (χ1v) is 10.2. The van der Waals surface area contributed by atoms with E-state index >= 15 is 0 Å². The van der Waals surface area contributed by atoms with Gasteiger partial charge in [0.05, 0.1) is 16.4 Å². The van der Waals surface area contributed by atoms with Crippen LogP contribution in [0.5, 0.6) is 0 Å². The highest BCUT2D eigenvalue weighted by molar-refractivity contribution is 7.93. The molecule has 3 N–H and O–H groups in total. The van der Waals surface area contributed by atoms with Gasteiger partial charge in [0, 0.05) is 6.20 Å². The Bertz CT molecular complexity index is 1220. The molecule has 0 saturated carbocycles. The summed E-state index contributed by atoms with van der Waals surface area (Å²) in [4.78, 5) is -0.150. The van der Waals surface area contributed by atoms with Crippen LogP contribution in [0.1, 0.15) is 17.0 Å². The predicted octanol–water partition coefficient (Wildman–Crippen LogP) is 3.25. The Hall–Kier alpha value is -3.42. The molecule has 0 fully saturated rings. The van der Waals surface area contributed by atoms with Crippen LogP contribution in [0.25, 0.3) is 5.57 Å². The smallest absolute Gasteiger partial charge is 0.265 e. The van der Waals surface area contributed by atoms with E-state index in [2.05, 4.69) is 30.7 Å². The summed E-state index contributed by atoms with van der Waals surface area (Å²) in [6, 6.07) is 11.9. The highest BCUT2D eigenvalue weighted by Gasteiger charge is 2.23. The number of allylic oxidation sites excluding steroid dienone is 1. The van der Waals surface area contributed by atoms with Gasteiger partial charge >= 0.3 is 0 Å². The fourth-order valence-corrected chi connectivity index (χ4v) is 4.43. The summed E-state index contributed by atoms with van der Waals surface area (Å²) in [5.41, 5.74) is 2.48. The van der Waals surface area contributed by atoms with Gasteiger partial charge in [-0.2, -0.15) is 10.5 Å². The van der Waals surface area contributed by atoms with Gasteiger partial charge in [-0.1, -0.05) is 35.4 Å². The summed E-state index contributed by atoms with van der Waals surface area (Å²) in [5.74, 6) is 0.0693. The number of anilines is 2. The minimum absolute atomic E-state index is 0.0266. The summed E-state index contributed by atoms with van der Waals surface area (Å²) in [5, 5.41) is 25.2. The van der Waals surface area contributed by atoms with Crippen molar-refractivity contribution >= 4 is 38.6 Å². The van der Waals surface area contributed by atoms with E-state index < -0.39 is 10.0 Å². The Morgan fingerprint density at radius 1 is 1.24 bits per heavy atom. The Morgan fingerprint density at radius 3 is 2.69 bits per heavy atom. The number of halogens is 1. The first-order valence-electron chi connectivity index (χ1n) is 8.31. The zero-order chi connectivity index (χ0) is 21.0. The number of hydrogen-bond acceptors (Lipinski definition) is 7. The van der Waals surface area contributed by atoms with Crippen LogP contribution in [0.15, 0.2) is 47.5 Å². The molecule has 2 aromatic carbocycles. The normalized spacial score (nSPS) is 11.7. The van der Waals surface area contributed by atoms with Gasteiger partial charge in [0.15, 0.2) is 0 Å². The summed E-state index contributed by atoms with van der Waals surface area (Å²) in [6.45, 7) is 3.73. The Morgan fingerprint density at radius 2 is 2.03 bits per heavy atom. The molecular weight excluding hydrogens is 414 g/mol. The molecule has 0 atom stereocenters. The van der Waals surface area contributed by atoms with Crippen molar-refractivity contribution in [3.8, 4) is 6.07 Å². The average Bonchev–Trinajstić information content (AvgIpc) is 3.19. The molecule has 9 nitrogen and oxygen atoms in total. The van der Waals surface area contributed by atoms with Gasteiger partial charge in [-0.15, -0.1) is 10.2 Å². The van der Waals surface area contributed by atoms with E-state index in [1.54, 1.807) is 12.1 Å². The number of sulfonamides is 1. The molecular formula is C18H16ClN7O2S. The van der Waals surface area contributed by atoms with Crippen LogP contribution in [0, 0.1) is 25.2 Å². The fraction of sp³-hybridized carbons (Fsp3) is 0.111. The number of rotatable bonds is 6. The number of tetrazole rings is 1. The molecule has 1 heterocycles. The molecule has 0 aliphatic carbocycles. The van der Waals surface area contributed by atoms with E-state index in [9.17, 15) is 13.7 Å². The zero-order valence-corrected chi connectivity index (χ0v) is 17.0. The molecule has 0 unspecified atom stereocenters. The molecule has 0 radical (unpaired) electrons. The van der Waals surface area contributed by atoms with Crippen LogP contribution in [0.4, 0.5) is 11.4 Å². The molecule has 0 saturated heterocycles. The van der Waals surface area contributed by atoms with Gasteiger partial charge in [0.25, 0.3) is 10.0 Å². The van der Waals surface area contributed by atoms with Gasteiger partial charge in [-0.25, -0.2) is 8.42 Å². The quantitative estimate of drug-likeness (QED) is 0.511. The largest absolute Gasteiger partial charge is 0.359 e. The van der Waals surface area contributed by atoms with Gasteiger partial charge < -0.3 is 5.32 Å². The first-order chi connectivity index (χ1) is 13.8. The molecule has 148 valence electrons. The van der Waals surface area contributed by atoms with Crippen LogP contribution < -0.4 is 10.0 Å². The first kappa shape index (κ1) is 20.3. The number of hydrogen-bond donors (Lipinski definition) is 3. The van der Waals surface area contributed by atoms with Gasteiger partial charge in [-0.3, -0.25) is 4.72 Å². The van der Waals surface area contributed by atoms with E-state index in [1.165, 1.54) is 18.3 Å². The molecule has 11 heteroatoms. The van der Waals surface area contributed by atoms with Gasteiger partial charge in [0.1, 0.15) is 16.5 Å². The number of aromatic nitrogens is 4. The van der Waals surface area contributed by atoms with Crippen molar-refractivity contribution in [1.29, 1.82) is 5.26 Å². The number of H-pyrrole nitrogens is 1. The van der Waals surface area contributed by atoms with E-state index in [0.29, 0.717) is 5.69 Å². The second kappa shape index (κ2) is 8.30. The maximum atomic E-state index is 13.1. The fourth-order valence-electron chi connectivity index (χ4n) is 2.59. The lowest BCUT2D eigenvalue weighted by molar-refractivity contribution is 0.601. The minimum atomic E-state index is -4.02. The number of benzene rings is 2. The van der Waals surface area contributed by atoms with E-state index in [4.69, 9.17) is 11.6 Å². The SMILES string of the molecule is Cc1ccc(NS(=O)(=O)c2c(Cl)cccc2NC=C(C#N)c2nn[nH]n2)c(C)c1. The number of aryl methyl sites for hydroxylation is 2. The lowest BCUT2D eigenvalue weighted by atomic mass is 10.1. The lowest BCUT2D eigenvalue weighted by Crippen LogP contribution is -2.16. The predicted molar refractivity (Wildman–Crippen MR) is 110 cm³/mol. The third kappa shape index (κ3) is 4.53. The summed E-state index contributed by atoms with van der Waals surface area (Å²) >= 11 is 6.21. The number of aromatic amines is 1. The van der Waals surface area contributed by atoms with Crippen molar-refractivity contribution in [2.75, 3.05) is 10.0 Å². The molecule has 0 aliphatic rings. The summed E-state index contributed by atoms with van der Waals surface area (Å²) < 4.78 is 28.7. The number of nitriles is 1. The van der Waals surface area contributed by atoms with Crippen LogP contribution in [0.2, 0.25) is 5.02 Å². The second-order valence-corrected chi connectivity index (χ2v) is 8.12. The Balaban J connectivity index is 1.98. The summed E-state index contributed by atoms with van der Waals surface area (Å²) in [7, 11) is -4.02. The molecule has 3 rings (SSSR count). The molecule has 3 aromatic rings. The van der Waals surface area contributed by atoms with Crippen molar-refractivity contribution in [2.24, 2.45) is 0 Å². The Labute approximate surface area is 172 Å². The number of nitrogens with one attached hydrogen (secondary N) is 3. The molecule has 0 spiro atoms. The van der Waals surface area contributed by atoms with Crippen LogP contribution in [-0.4, -0.2) is 29.0 Å². The maximum Gasteiger partial charge on any atom is 0.265 e. The molecule has 29 heavy (non-hydrogen) atoms. The van der Waals surface area contributed by atoms with Crippen LogP contribution in [-0.2, 0) is 10.0 Å². The van der Waals surface area contributed by atoms with Crippen molar-refractivity contribution in [3.05, 3.63) is 64.6 Å². The molecule has 1 aromatic heterocycles. The second-order valence-electron chi connectivity index (χ2n) is 6.09. The average molecular weight is 430 g/mol. The third-order valence-electron chi connectivity index (χ3n) is 3.94. The van der Waals surface area contributed by atoms with Crippen molar-refractivity contribution < 1.29 is 8.42 Å². The van der Waals surface area contributed by atoms with Gasteiger partial charge in [0.2, 0.25) is 5.82 Å². The van der Waals surface area contributed by atoms with E-state index in [1.807, 2.05) is 32.0 Å². The molecule has 0 bridgehead atoms. The van der Waals surface area contributed by atoms with Crippen LogP contribution in [0.3, 0.4) is 0 Å². The number of nitrogens with zero attached hydrogens (tertiary/aromatic N) is 4. The standard InChI is InChI=1S/C18H16ClN7O2S/c1-11-6-7-15(12(2)8-11)24-29(27,28)17-14(19)4-3-5-16(17)21-10-13(9-20)18-22-25-26-23-18/h3-8,10,21,24H,1-2H3,(H,22,23,25,26). The monoisotopic (exact) mass is 429 g/mol. The van der Waals surface area contributed by atoms with Crippen molar-refractivity contribution in [1.82, 2.24) is 20.6 Å². The van der Waals surface area contributed by atoms with Crippen LogP contribution >= 0.6 is 11.6 Å². The molecule has 0 aliphatic heterocycles. The molecule has 0 amide bonds. The third-order valence-corrected chi connectivity index (χ3v) is 5.83. The van der Waals surface area contributed by atoms with E-state index in [-0.39, 0.29) is 27.0 Å². The summed E-state index contributed by atoms with van der Waals surface area (Å²) in [6.07, 6.45) is 1.28.